The Morgan fingerprint density at radius 1 is 0.419 bits per heavy atom. The van der Waals surface area contributed by atoms with Crippen molar-refractivity contribution >= 4 is 54.4 Å². The van der Waals surface area contributed by atoms with Crippen LogP contribution in [0.25, 0.3) is 93.7 Å². The Hall–Kier alpha value is -5.80. The van der Waals surface area contributed by atoms with Crippen LogP contribution in [-0.4, -0.2) is 14.5 Å². The monoisotopic (exact) mass is 545 g/mol. The molecule has 3 nitrogen and oxygen atoms in total. The number of fused-ring (bicyclic) bond motifs is 6. The van der Waals surface area contributed by atoms with E-state index in [1.165, 1.54) is 43.8 Å². The second-order valence-electron chi connectivity index (χ2n) is 11.4. The van der Waals surface area contributed by atoms with Crippen molar-refractivity contribution in [1.29, 1.82) is 0 Å². The zero-order valence-electron chi connectivity index (χ0n) is 23.1. The molecule has 43 heavy (non-hydrogen) atoms. The first kappa shape index (κ1) is 22.8. The van der Waals surface area contributed by atoms with E-state index in [2.05, 4.69) is 144 Å². The number of hydrogen-bond acceptors (Lipinski definition) is 2. The highest BCUT2D eigenvalue weighted by Crippen LogP contribution is 2.49. The van der Waals surface area contributed by atoms with E-state index in [0.29, 0.717) is 0 Å². The standard InChI is InChI=1S/C40H23N3/c1-2-11-26(12-3-1)38-40(42-39-27-14-5-4-10-24(27)20-22-32(39)41-38)43-33-19-9-18-31-29-16-7-6-15-28(29)30-17-8-13-25-21-23-34(43)37(35(25)30)36(31)33/h1-23H. The summed E-state index contributed by atoms with van der Waals surface area (Å²) in [6, 6.07) is 49.9. The molecule has 198 valence electrons. The lowest BCUT2D eigenvalue weighted by Gasteiger charge is -2.16. The molecule has 0 saturated heterocycles. The molecule has 0 spiro atoms. The van der Waals surface area contributed by atoms with Crippen molar-refractivity contribution in [2.75, 3.05) is 0 Å². The average molecular weight is 546 g/mol. The maximum absolute atomic E-state index is 5.52. The quantitative estimate of drug-likeness (QED) is 0.202. The van der Waals surface area contributed by atoms with Gasteiger partial charge in [-0.15, -0.1) is 0 Å². The zero-order chi connectivity index (χ0) is 28.1. The Morgan fingerprint density at radius 3 is 1.93 bits per heavy atom. The molecule has 1 aliphatic rings. The first-order valence-corrected chi connectivity index (χ1v) is 14.7. The fraction of sp³-hybridized carbons (Fsp3) is 0. The SMILES string of the molecule is c1ccc(-c2nc3ccc4ccccc4c3nc2-n2c3cccc4c3c3c5c(cccc5ccc32)-c2ccccc2-4)cc1. The van der Waals surface area contributed by atoms with Gasteiger partial charge in [0.2, 0.25) is 0 Å². The molecule has 0 saturated carbocycles. The van der Waals surface area contributed by atoms with Crippen molar-refractivity contribution in [3.63, 3.8) is 0 Å². The van der Waals surface area contributed by atoms with E-state index in [9.17, 15) is 0 Å². The van der Waals surface area contributed by atoms with Crippen molar-refractivity contribution in [2.24, 2.45) is 0 Å². The molecule has 10 rings (SSSR count). The van der Waals surface area contributed by atoms with Gasteiger partial charge in [-0.25, -0.2) is 9.97 Å². The van der Waals surface area contributed by atoms with Crippen LogP contribution >= 0.6 is 0 Å². The van der Waals surface area contributed by atoms with E-state index in [1.807, 2.05) is 0 Å². The Kier molecular flexibility index (Phi) is 4.45. The van der Waals surface area contributed by atoms with Crippen molar-refractivity contribution in [1.82, 2.24) is 14.5 Å². The highest BCUT2D eigenvalue weighted by molar-refractivity contribution is 6.30. The minimum absolute atomic E-state index is 0.845. The fourth-order valence-electron chi connectivity index (χ4n) is 7.28. The van der Waals surface area contributed by atoms with Gasteiger partial charge in [0.1, 0.15) is 5.69 Å². The number of nitrogens with zero attached hydrogens (tertiary/aromatic N) is 3. The minimum atomic E-state index is 0.845. The van der Waals surface area contributed by atoms with Gasteiger partial charge in [-0.05, 0) is 56.6 Å². The molecule has 7 aromatic carbocycles. The Morgan fingerprint density at radius 2 is 1.07 bits per heavy atom. The lowest BCUT2D eigenvalue weighted by molar-refractivity contribution is 1.08. The molecular formula is C40H23N3. The number of benzene rings is 7. The first-order valence-electron chi connectivity index (χ1n) is 14.7. The van der Waals surface area contributed by atoms with Gasteiger partial charge in [0, 0.05) is 21.7 Å². The van der Waals surface area contributed by atoms with Crippen LogP contribution in [0.1, 0.15) is 0 Å². The molecule has 1 aliphatic carbocycles. The van der Waals surface area contributed by atoms with E-state index < -0.39 is 0 Å². The number of rotatable bonds is 2. The van der Waals surface area contributed by atoms with Gasteiger partial charge < -0.3 is 0 Å². The molecule has 2 aromatic heterocycles. The molecule has 0 aliphatic heterocycles. The lowest BCUT2D eigenvalue weighted by atomic mass is 9.93. The number of hydrogen-bond donors (Lipinski definition) is 0. The van der Waals surface area contributed by atoms with E-state index in [4.69, 9.17) is 9.97 Å². The maximum Gasteiger partial charge on any atom is 0.165 e. The summed E-state index contributed by atoms with van der Waals surface area (Å²) in [4.78, 5) is 10.9. The van der Waals surface area contributed by atoms with Gasteiger partial charge in [-0.3, -0.25) is 4.57 Å². The third-order valence-electron chi connectivity index (χ3n) is 9.11. The third-order valence-corrected chi connectivity index (χ3v) is 9.11. The van der Waals surface area contributed by atoms with Crippen molar-refractivity contribution in [2.45, 2.75) is 0 Å². The first-order chi connectivity index (χ1) is 21.3. The number of aromatic nitrogens is 3. The van der Waals surface area contributed by atoms with E-state index in [-0.39, 0.29) is 0 Å². The van der Waals surface area contributed by atoms with Gasteiger partial charge in [-0.2, -0.15) is 0 Å². The van der Waals surface area contributed by atoms with Gasteiger partial charge >= 0.3 is 0 Å². The summed E-state index contributed by atoms with van der Waals surface area (Å²) in [5, 5.41) is 7.34. The highest BCUT2D eigenvalue weighted by Gasteiger charge is 2.26. The summed E-state index contributed by atoms with van der Waals surface area (Å²) in [6.45, 7) is 0. The minimum Gasteiger partial charge on any atom is -0.292 e. The van der Waals surface area contributed by atoms with Crippen molar-refractivity contribution in [3.8, 4) is 39.3 Å². The summed E-state index contributed by atoms with van der Waals surface area (Å²) in [5.41, 5.74) is 11.1. The second kappa shape index (κ2) is 8.37. The third kappa shape index (κ3) is 3.03. The predicted molar refractivity (Wildman–Crippen MR) is 179 cm³/mol. The van der Waals surface area contributed by atoms with Gasteiger partial charge in [0.25, 0.3) is 0 Å². The van der Waals surface area contributed by atoms with Gasteiger partial charge in [0.05, 0.1) is 22.1 Å². The van der Waals surface area contributed by atoms with E-state index in [1.54, 1.807) is 0 Å². The molecule has 2 heterocycles. The van der Waals surface area contributed by atoms with E-state index in [0.717, 1.165) is 49.9 Å². The summed E-state index contributed by atoms with van der Waals surface area (Å²) in [5.74, 6) is 0.845. The molecule has 9 aromatic rings. The van der Waals surface area contributed by atoms with Gasteiger partial charge in [0.15, 0.2) is 5.82 Å². The lowest BCUT2D eigenvalue weighted by Crippen LogP contribution is -2.04. The Balaban J connectivity index is 1.45. The van der Waals surface area contributed by atoms with Gasteiger partial charge in [-0.1, -0.05) is 121 Å². The molecule has 0 unspecified atom stereocenters. The molecule has 0 radical (unpaired) electrons. The summed E-state index contributed by atoms with van der Waals surface area (Å²) in [6.07, 6.45) is 0. The second-order valence-corrected chi connectivity index (χ2v) is 11.4. The van der Waals surface area contributed by atoms with E-state index >= 15 is 0 Å². The molecule has 0 bridgehead atoms. The molecule has 0 amide bonds. The normalized spacial score (nSPS) is 12.2. The van der Waals surface area contributed by atoms with Crippen LogP contribution in [0.4, 0.5) is 0 Å². The zero-order valence-corrected chi connectivity index (χ0v) is 23.1. The Bertz CT molecular complexity index is 2610. The highest BCUT2D eigenvalue weighted by atomic mass is 15.1. The molecule has 3 heteroatoms. The van der Waals surface area contributed by atoms with Crippen LogP contribution in [0.2, 0.25) is 0 Å². The molecular weight excluding hydrogens is 522 g/mol. The van der Waals surface area contributed by atoms with Crippen molar-refractivity contribution in [3.05, 3.63) is 140 Å². The molecule has 0 atom stereocenters. The smallest absolute Gasteiger partial charge is 0.165 e. The van der Waals surface area contributed by atoms with Crippen LogP contribution in [0.15, 0.2) is 140 Å². The summed E-state index contributed by atoms with van der Waals surface area (Å²) < 4.78 is 2.36. The maximum atomic E-state index is 5.52. The molecule has 0 fully saturated rings. The van der Waals surface area contributed by atoms with Crippen LogP contribution in [0, 0.1) is 0 Å². The van der Waals surface area contributed by atoms with Crippen LogP contribution in [-0.2, 0) is 0 Å². The van der Waals surface area contributed by atoms with Crippen LogP contribution in [0.5, 0.6) is 0 Å². The Labute approximate surface area is 247 Å². The predicted octanol–water partition coefficient (Wildman–Crippen LogP) is 10.3. The fourth-order valence-corrected chi connectivity index (χ4v) is 7.28. The van der Waals surface area contributed by atoms with Crippen LogP contribution < -0.4 is 0 Å². The largest absolute Gasteiger partial charge is 0.292 e. The molecule has 0 N–H and O–H groups in total. The summed E-state index contributed by atoms with van der Waals surface area (Å²) >= 11 is 0. The average Bonchev–Trinajstić information content (AvgIpc) is 3.36. The topological polar surface area (TPSA) is 30.7 Å². The summed E-state index contributed by atoms with van der Waals surface area (Å²) in [7, 11) is 0. The van der Waals surface area contributed by atoms with Crippen molar-refractivity contribution < 1.29 is 0 Å². The van der Waals surface area contributed by atoms with Crippen LogP contribution in [0.3, 0.4) is 0 Å².